The van der Waals surface area contributed by atoms with E-state index in [0.717, 1.165) is 45.4 Å². The van der Waals surface area contributed by atoms with Crippen LogP contribution in [0, 0.1) is 0 Å². The highest BCUT2D eigenvalue weighted by atomic mass is 16.5. The summed E-state index contributed by atoms with van der Waals surface area (Å²) in [5, 5.41) is 2.85. The number of carbonyl (C=O) groups excluding carboxylic acids is 2. The molecule has 1 N–H and O–H groups in total. The highest BCUT2D eigenvalue weighted by Gasteiger charge is 2.21. The van der Waals surface area contributed by atoms with Gasteiger partial charge < -0.3 is 15.0 Å². The number of rotatable bonds is 4. The van der Waals surface area contributed by atoms with Crippen LogP contribution in [0.2, 0.25) is 0 Å². The Morgan fingerprint density at radius 2 is 2.00 bits per heavy atom. The Kier molecular flexibility index (Phi) is 4.68. The highest BCUT2D eigenvalue weighted by molar-refractivity contribution is 5.99. The minimum Gasteiger partial charge on any atom is -0.376 e. The van der Waals surface area contributed by atoms with Gasteiger partial charge in [-0.2, -0.15) is 0 Å². The maximum absolute atomic E-state index is 12.3. The average Bonchev–Trinajstić information content (AvgIpc) is 3.25. The van der Waals surface area contributed by atoms with E-state index in [-0.39, 0.29) is 17.9 Å². The zero-order valence-electron chi connectivity index (χ0n) is 12.6. The Labute approximate surface area is 129 Å². The van der Waals surface area contributed by atoms with Crippen LogP contribution >= 0.6 is 0 Å². The monoisotopic (exact) mass is 303 g/mol. The molecule has 2 amide bonds. The number of amides is 2. The number of ether oxygens (including phenoxy) is 1. The predicted octanol–water partition coefficient (Wildman–Crippen LogP) is 1.23. The second-order valence-corrected chi connectivity index (χ2v) is 5.81. The van der Waals surface area contributed by atoms with Crippen LogP contribution in [0.3, 0.4) is 0 Å². The number of hydrogen-bond acceptors (Lipinski definition) is 4. The summed E-state index contributed by atoms with van der Waals surface area (Å²) >= 11 is 0. The third kappa shape index (κ3) is 3.44. The third-order valence-corrected chi connectivity index (χ3v) is 4.15. The van der Waals surface area contributed by atoms with Gasteiger partial charge in [0.05, 0.1) is 17.2 Å². The molecule has 1 atom stereocenters. The molecule has 1 aromatic rings. The van der Waals surface area contributed by atoms with Gasteiger partial charge >= 0.3 is 0 Å². The van der Waals surface area contributed by atoms with Gasteiger partial charge in [0.25, 0.3) is 11.8 Å². The van der Waals surface area contributed by atoms with Gasteiger partial charge in [0.1, 0.15) is 0 Å². The van der Waals surface area contributed by atoms with Crippen molar-refractivity contribution in [1.82, 2.24) is 15.2 Å². The molecule has 0 radical (unpaired) electrons. The molecule has 2 aliphatic rings. The first-order valence-corrected chi connectivity index (χ1v) is 7.88. The lowest BCUT2D eigenvalue weighted by atomic mass is 10.1. The molecule has 0 spiro atoms. The fourth-order valence-corrected chi connectivity index (χ4v) is 2.90. The average molecular weight is 303 g/mol. The summed E-state index contributed by atoms with van der Waals surface area (Å²) in [4.78, 5) is 30.3. The Hall–Kier alpha value is -1.95. The fourth-order valence-electron chi connectivity index (χ4n) is 2.90. The van der Waals surface area contributed by atoms with E-state index in [9.17, 15) is 9.59 Å². The van der Waals surface area contributed by atoms with Crippen LogP contribution in [0.4, 0.5) is 0 Å². The summed E-state index contributed by atoms with van der Waals surface area (Å²) in [5.74, 6) is -0.252. The van der Waals surface area contributed by atoms with Crippen LogP contribution in [0.25, 0.3) is 0 Å². The van der Waals surface area contributed by atoms with E-state index >= 15 is 0 Å². The Morgan fingerprint density at radius 3 is 2.73 bits per heavy atom. The first-order valence-electron chi connectivity index (χ1n) is 7.88. The van der Waals surface area contributed by atoms with Crippen LogP contribution in [0.1, 0.15) is 46.4 Å². The summed E-state index contributed by atoms with van der Waals surface area (Å²) in [6, 6.07) is 1.62. The number of carbonyl (C=O) groups is 2. The lowest BCUT2D eigenvalue weighted by molar-refractivity contribution is 0.0792. The summed E-state index contributed by atoms with van der Waals surface area (Å²) in [6.45, 7) is 2.84. The molecule has 0 aliphatic carbocycles. The number of likely N-dealkylation sites (tertiary alicyclic amines) is 1. The Bertz CT molecular complexity index is 549. The molecule has 0 aromatic carbocycles. The molecule has 22 heavy (non-hydrogen) atoms. The normalized spacial score (nSPS) is 21.1. The molecule has 2 saturated heterocycles. The molecule has 3 rings (SSSR count). The van der Waals surface area contributed by atoms with E-state index in [1.165, 1.54) is 12.4 Å². The van der Waals surface area contributed by atoms with E-state index in [0.29, 0.717) is 17.7 Å². The summed E-state index contributed by atoms with van der Waals surface area (Å²) in [7, 11) is 0. The molecule has 6 heteroatoms. The predicted molar refractivity (Wildman–Crippen MR) is 80.7 cm³/mol. The molecule has 2 aliphatic heterocycles. The number of aromatic nitrogens is 1. The van der Waals surface area contributed by atoms with E-state index in [2.05, 4.69) is 10.3 Å². The molecule has 1 aromatic heterocycles. The number of nitrogens with one attached hydrogen (secondary N) is 1. The molecule has 118 valence electrons. The van der Waals surface area contributed by atoms with Crippen LogP contribution in [-0.4, -0.2) is 54.0 Å². The Balaban J connectivity index is 1.62. The summed E-state index contributed by atoms with van der Waals surface area (Å²) < 4.78 is 5.48. The molecule has 0 saturated carbocycles. The van der Waals surface area contributed by atoms with Gasteiger partial charge in [0.15, 0.2) is 0 Å². The minimum absolute atomic E-state index is 0.0428. The van der Waals surface area contributed by atoms with E-state index in [4.69, 9.17) is 4.74 Å². The van der Waals surface area contributed by atoms with Crippen molar-refractivity contribution in [1.29, 1.82) is 0 Å². The zero-order chi connectivity index (χ0) is 15.4. The van der Waals surface area contributed by atoms with Crippen LogP contribution < -0.4 is 5.32 Å². The lowest BCUT2D eigenvalue weighted by Gasteiger charge is -2.15. The second kappa shape index (κ2) is 6.87. The quantitative estimate of drug-likeness (QED) is 0.908. The van der Waals surface area contributed by atoms with Gasteiger partial charge in [-0.1, -0.05) is 0 Å². The molecule has 6 nitrogen and oxygen atoms in total. The largest absolute Gasteiger partial charge is 0.376 e. The number of nitrogens with zero attached hydrogens (tertiary/aromatic N) is 2. The Morgan fingerprint density at radius 1 is 1.23 bits per heavy atom. The second-order valence-electron chi connectivity index (χ2n) is 5.81. The first-order chi connectivity index (χ1) is 10.7. The SMILES string of the molecule is O=C(NCC1CCCO1)c1cncc(C(=O)N2CCCC2)c1. The van der Waals surface area contributed by atoms with Crippen molar-refractivity contribution < 1.29 is 14.3 Å². The first kappa shape index (κ1) is 15.0. The molecule has 2 fully saturated rings. The van der Waals surface area contributed by atoms with Gasteiger partial charge in [-0.25, -0.2) is 0 Å². The van der Waals surface area contributed by atoms with Crippen molar-refractivity contribution in [2.75, 3.05) is 26.2 Å². The fraction of sp³-hybridized carbons (Fsp3) is 0.562. The van der Waals surface area contributed by atoms with Crippen LogP contribution in [0.5, 0.6) is 0 Å². The van der Waals surface area contributed by atoms with Crippen molar-refractivity contribution in [2.24, 2.45) is 0 Å². The summed E-state index contributed by atoms with van der Waals surface area (Å²) in [5.41, 5.74) is 0.898. The molecular formula is C16H21N3O3. The third-order valence-electron chi connectivity index (χ3n) is 4.15. The van der Waals surface area contributed by atoms with Crippen molar-refractivity contribution in [2.45, 2.75) is 31.8 Å². The van der Waals surface area contributed by atoms with Gasteiger partial charge in [0, 0.05) is 38.6 Å². The van der Waals surface area contributed by atoms with Crippen LogP contribution in [0.15, 0.2) is 18.5 Å². The van der Waals surface area contributed by atoms with Gasteiger partial charge in [-0.05, 0) is 31.7 Å². The number of hydrogen-bond donors (Lipinski definition) is 1. The molecular weight excluding hydrogens is 282 g/mol. The number of pyridine rings is 1. The van der Waals surface area contributed by atoms with Gasteiger partial charge in [-0.3, -0.25) is 14.6 Å². The molecule has 1 unspecified atom stereocenters. The van der Waals surface area contributed by atoms with Crippen molar-refractivity contribution in [3.63, 3.8) is 0 Å². The minimum atomic E-state index is -0.209. The highest BCUT2D eigenvalue weighted by Crippen LogP contribution is 2.14. The summed E-state index contributed by atoms with van der Waals surface area (Å²) in [6.07, 6.45) is 7.23. The van der Waals surface area contributed by atoms with E-state index < -0.39 is 0 Å². The van der Waals surface area contributed by atoms with Crippen LogP contribution in [-0.2, 0) is 4.74 Å². The maximum Gasteiger partial charge on any atom is 0.255 e. The standard InChI is InChI=1S/C16H21N3O3/c20-15(18-11-14-4-3-7-22-14)12-8-13(10-17-9-12)16(21)19-5-1-2-6-19/h8-10,14H,1-7,11H2,(H,18,20). The van der Waals surface area contributed by atoms with E-state index in [1.54, 1.807) is 6.07 Å². The molecule has 3 heterocycles. The topological polar surface area (TPSA) is 71.5 Å². The van der Waals surface area contributed by atoms with Crippen molar-refractivity contribution >= 4 is 11.8 Å². The van der Waals surface area contributed by atoms with Gasteiger partial charge in [0.2, 0.25) is 0 Å². The maximum atomic E-state index is 12.3. The molecule has 0 bridgehead atoms. The smallest absolute Gasteiger partial charge is 0.255 e. The van der Waals surface area contributed by atoms with Crippen molar-refractivity contribution in [3.8, 4) is 0 Å². The van der Waals surface area contributed by atoms with Gasteiger partial charge in [-0.15, -0.1) is 0 Å². The van der Waals surface area contributed by atoms with E-state index in [1.807, 2.05) is 4.90 Å². The lowest BCUT2D eigenvalue weighted by Crippen LogP contribution is -2.32. The zero-order valence-corrected chi connectivity index (χ0v) is 12.6. The van der Waals surface area contributed by atoms with Crippen molar-refractivity contribution in [3.05, 3.63) is 29.6 Å².